The number of nitrogens with zero attached hydrogens (tertiary/aromatic N) is 3. The van der Waals surface area contributed by atoms with Crippen LogP contribution in [0.1, 0.15) is 28.9 Å². The van der Waals surface area contributed by atoms with Crippen molar-refractivity contribution in [2.24, 2.45) is 0 Å². The van der Waals surface area contributed by atoms with Gasteiger partial charge in [0.05, 0.1) is 5.69 Å². The summed E-state index contributed by atoms with van der Waals surface area (Å²) in [6.45, 7) is 4.40. The number of carbonyl (C=O) groups excluding carboxylic acids is 1. The quantitative estimate of drug-likeness (QED) is 0.415. The largest absolute Gasteiger partial charge is 0.352 e. The fourth-order valence-corrected chi connectivity index (χ4v) is 3.94. The van der Waals surface area contributed by atoms with Crippen LogP contribution in [0.5, 0.6) is 0 Å². The van der Waals surface area contributed by atoms with Gasteiger partial charge < -0.3 is 5.32 Å². The number of amides is 1. The molecule has 7 heteroatoms. The molecule has 0 saturated heterocycles. The summed E-state index contributed by atoms with van der Waals surface area (Å²) in [5.74, 6) is -0.0267. The zero-order chi connectivity index (χ0) is 22.0. The van der Waals surface area contributed by atoms with Gasteiger partial charge in [0.25, 0.3) is 0 Å². The van der Waals surface area contributed by atoms with Gasteiger partial charge >= 0.3 is 0 Å². The molecule has 0 atom stereocenters. The van der Waals surface area contributed by atoms with E-state index in [2.05, 4.69) is 5.32 Å². The normalized spacial score (nSPS) is 11.1. The van der Waals surface area contributed by atoms with Gasteiger partial charge in [-0.3, -0.25) is 4.79 Å². The summed E-state index contributed by atoms with van der Waals surface area (Å²) >= 11 is 12.1. The van der Waals surface area contributed by atoms with Crippen molar-refractivity contribution < 1.29 is 4.79 Å². The Hall–Kier alpha value is -2.89. The van der Waals surface area contributed by atoms with Crippen LogP contribution in [0.4, 0.5) is 0 Å². The Bertz CT molecular complexity index is 1250. The van der Waals surface area contributed by atoms with Gasteiger partial charge in [-0.15, -0.1) is 0 Å². The van der Waals surface area contributed by atoms with Crippen LogP contribution >= 0.6 is 23.2 Å². The summed E-state index contributed by atoms with van der Waals surface area (Å²) in [4.78, 5) is 17.1. The average Bonchev–Trinajstić information content (AvgIpc) is 3.17. The molecule has 1 amide bonds. The molecule has 2 heterocycles. The zero-order valence-electron chi connectivity index (χ0n) is 17.3. The van der Waals surface area contributed by atoms with Crippen LogP contribution in [-0.2, 0) is 17.8 Å². The lowest BCUT2D eigenvalue weighted by Crippen LogP contribution is -2.23. The number of hydrogen-bond donors (Lipinski definition) is 1. The maximum atomic E-state index is 12.4. The highest BCUT2D eigenvalue weighted by molar-refractivity contribution is 6.31. The molecule has 2 aromatic carbocycles. The number of benzene rings is 2. The van der Waals surface area contributed by atoms with E-state index in [1.54, 1.807) is 0 Å². The van der Waals surface area contributed by atoms with Crippen molar-refractivity contribution in [3.05, 3.63) is 87.2 Å². The zero-order valence-corrected chi connectivity index (χ0v) is 18.8. The molecule has 0 aliphatic heterocycles. The highest BCUT2D eigenvalue weighted by Crippen LogP contribution is 2.24. The smallest absolute Gasteiger partial charge is 0.220 e. The van der Waals surface area contributed by atoms with E-state index >= 15 is 0 Å². The summed E-state index contributed by atoms with van der Waals surface area (Å²) in [7, 11) is 0. The lowest BCUT2D eigenvalue weighted by atomic mass is 10.1. The third kappa shape index (κ3) is 4.73. The van der Waals surface area contributed by atoms with Crippen molar-refractivity contribution in [1.29, 1.82) is 0 Å². The van der Waals surface area contributed by atoms with E-state index in [4.69, 9.17) is 33.3 Å². The molecule has 4 rings (SSSR count). The van der Waals surface area contributed by atoms with Gasteiger partial charge in [0, 0.05) is 46.0 Å². The van der Waals surface area contributed by atoms with Crippen molar-refractivity contribution >= 4 is 34.8 Å². The molecular weight excluding hydrogens is 431 g/mol. The number of carbonyl (C=O) groups is 1. The Balaban J connectivity index is 1.49. The number of aryl methyl sites for hydroxylation is 2. The number of rotatable bonds is 6. The number of halogens is 2. The molecule has 158 valence electrons. The van der Waals surface area contributed by atoms with E-state index in [-0.39, 0.29) is 5.91 Å². The first-order valence-electron chi connectivity index (χ1n) is 10.0. The van der Waals surface area contributed by atoms with Crippen LogP contribution in [0.2, 0.25) is 10.0 Å². The Morgan fingerprint density at radius 3 is 2.55 bits per heavy atom. The van der Waals surface area contributed by atoms with Crippen LogP contribution < -0.4 is 5.32 Å². The van der Waals surface area contributed by atoms with Crippen molar-refractivity contribution in [3.63, 3.8) is 0 Å². The second kappa shape index (κ2) is 9.08. The number of fused-ring (bicyclic) bond motifs is 1. The predicted octanol–water partition coefficient (Wildman–Crippen LogP) is 5.57. The van der Waals surface area contributed by atoms with Crippen molar-refractivity contribution in [2.45, 2.75) is 33.2 Å². The van der Waals surface area contributed by atoms with Gasteiger partial charge in [-0.1, -0.05) is 53.5 Å². The van der Waals surface area contributed by atoms with Gasteiger partial charge in [-0.05, 0) is 49.6 Å². The third-order valence-corrected chi connectivity index (χ3v) is 5.96. The van der Waals surface area contributed by atoms with Gasteiger partial charge in [-0.25, -0.2) is 9.50 Å². The Labute approximate surface area is 191 Å². The second-order valence-electron chi connectivity index (χ2n) is 7.44. The monoisotopic (exact) mass is 452 g/mol. The number of aromatic nitrogens is 3. The van der Waals surface area contributed by atoms with Crippen molar-refractivity contribution in [2.75, 3.05) is 0 Å². The minimum absolute atomic E-state index is 0.0267. The molecule has 0 fully saturated rings. The first kappa shape index (κ1) is 21.3. The first-order valence-corrected chi connectivity index (χ1v) is 10.8. The Morgan fingerprint density at radius 1 is 1.06 bits per heavy atom. The standard InChI is InChI=1S/C24H22Cl2N4O/c1-15-20(11-12-24(31)27-14-18-5-3-4-6-21(18)26)16(2)30-23(28-15)13-22(29-30)17-7-9-19(25)10-8-17/h3-10,13H,11-12,14H2,1-2H3,(H,27,31). The molecule has 0 unspecified atom stereocenters. The fourth-order valence-electron chi connectivity index (χ4n) is 3.61. The SMILES string of the molecule is Cc1nc2cc(-c3ccc(Cl)cc3)nn2c(C)c1CCC(=O)NCc1ccccc1Cl. The highest BCUT2D eigenvalue weighted by Gasteiger charge is 2.14. The van der Waals surface area contributed by atoms with Crippen molar-refractivity contribution in [1.82, 2.24) is 19.9 Å². The van der Waals surface area contributed by atoms with E-state index in [1.165, 1.54) is 0 Å². The molecule has 2 aromatic heterocycles. The summed E-state index contributed by atoms with van der Waals surface area (Å²) in [5, 5.41) is 9.00. The molecule has 5 nitrogen and oxygen atoms in total. The Morgan fingerprint density at radius 2 is 1.81 bits per heavy atom. The van der Waals surface area contributed by atoms with Gasteiger partial charge in [-0.2, -0.15) is 5.10 Å². The summed E-state index contributed by atoms with van der Waals surface area (Å²) in [6, 6.07) is 17.0. The number of nitrogens with one attached hydrogen (secondary N) is 1. The summed E-state index contributed by atoms with van der Waals surface area (Å²) in [6.07, 6.45) is 0.954. The van der Waals surface area contributed by atoms with E-state index in [1.807, 2.05) is 73.0 Å². The second-order valence-corrected chi connectivity index (χ2v) is 8.28. The van der Waals surface area contributed by atoms with E-state index in [0.717, 1.165) is 39.4 Å². The topological polar surface area (TPSA) is 59.3 Å². The molecule has 4 aromatic rings. The van der Waals surface area contributed by atoms with Crippen LogP contribution in [0, 0.1) is 13.8 Å². The van der Waals surface area contributed by atoms with Crippen LogP contribution in [-0.4, -0.2) is 20.5 Å². The van der Waals surface area contributed by atoms with Gasteiger partial charge in [0.2, 0.25) is 5.91 Å². The minimum atomic E-state index is -0.0267. The molecule has 0 aliphatic rings. The van der Waals surface area contributed by atoms with E-state index in [0.29, 0.717) is 29.4 Å². The molecule has 31 heavy (non-hydrogen) atoms. The molecule has 0 bridgehead atoms. The average molecular weight is 453 g/mol. The number of hydrogen-bond acceptors (Lipinski definition) is 3. The minimum Gasteiger partial charge on any atom is -0.352 e. The van der Waals surface area contributed by atoms with E-state index < -0.39 is 0 Å². The molecule has 0 radical (unpaired) electrons. The Kier molecular flexibility index (Phi) is 6.25. The third-order valence-electron chi connectivity index (χ3n) is 5.34. The van der Waals surface area contributed by atoms with Gasteiger partial charge in [0.1, 0.15) is 0 Å². The molecule has 1 N–H and O–H groups in total. The molecule has 0 spiro atoms. The maximum absolute atomic E-state index is 12.4. The lowest BCUT2D eigenvalue weighted by molar-refractivity contribution is -0.121. The summed E-state index contributed by atoms with van der Waals surface area (Å²) < 4.78 is 1.84. The highest BCUT2D eigenvalue weighted by atomic mass is 35.5. The molecular formula is C24H22Cl2N4O. The fraction of sp³-hybridized carbons (Fsp3) is 0.208. The van der Waals surface area contributed by atoms with Crippen LogP contribution in [0.25, 0.3) is 16.9 Å². The lowest BCUT2D eigenvalue weighted by Gasteiger charge is -2.11. The maximum Gasteiger partial charge on any atom is 0.220 e. The van der Waals surface area contributed by atoms with E-state index in [9.17, 15) is 4.79 Å². The molecule has 0 aliphatic carbocycles. The summed E-state index contributed by atoms with van der Waals surface area (Å²) in [5.41, 5.74) is 6.43. The predicted molar refractivity (Wildman–Crippen MR) is 125 cm³/mol. The van der Waals surface area contributed by atoms with Crippen molar-refractivity contribution in [3.8, 4) is 11.3 Å². The van der Waals surface area contributed by atoms with Crippen LogP contribution in [0.3, 0.4) is 0 Å². The van der Waals surface area contributed by atoms with Gasteiger partial charge in [0.15, 0.2) is 5.65 Å². The van der Waals surface area contributed by atoms with Crippen LogP contribution in [0.15, 0.2) is 54.6 Å². The first-order chi connectivity index (χ1) is 14.9. The molecule has 0 saturated carbocycles.